The van der Waals surface area contributed by atoms with Crippen molar-refractivity contribution in [3.63, 3.8) is 0 Å². The Kier molecular flexibility index (Phi) is 7.96. The summed E-state index contributed by atoms with van der Waals surface area (Å²) < 4.78 is 5.54. The van der Waals surface area contributed by atoms with Gasteiger partial charge in [0.25, 0.3) is 5.91 Å². The van der Waals surface area contributed by atoms with Crippen molar-refractivity contribution in [2.75, 3.05) is 30.1 Å². The predicted molar refractivity (Wildman–Crippen MR) is 162 cm³/mol. The molecule has 3 amide bonds. The average Bonchev–Trinajstić information content (AvgIpc) is 3.88. The van der Waals surface area contributed by atoms with E-state index < -0.39 is 18.1 Å². The van der Waals surface area contributed by atoms with Gasteiger partial charge in [-0.3, -0.25) is 19.4 Å². The van der Waals surface area contributed by atoms with E-state index in [1.165, 1.54) is 0 Å². The maximum Gasteiger partial charge on any atom is 0.252 e. The number of amides is 3. The van der Waals surface area contributed by atoms with E-state index >= 15 is 0 Å². The number of carbonyl (C=O) groups excluding carboxylic acids is 3. The molecule has 1 aromatic heterocycles. The van der Waals surface area contributed by atoms with E-state index in [1.54, 1.807) is 23.8 Å². The van der Waals surface area contributed by atoms with E-state index in [4.69, 9.17) is 9.72 Å². The molecule has 42 heavy (non-hydrogen) atoms. The number of ether oxygens (including phenoxy) is 1. The lowest BCUT2D eigenvalue weighted by Crippen LogP contribution is -2.60. The predicted octanol–water partition coefficient (Wildman–Crippen LogP) is 3.90. The van der Waals surface area contributed by atoms with Crippen molar-refractivity contribution in [2.45, 2.75) is 70.1 Å². The number of anilines is 2. The molecule has 9 heteroatoms. The first-order chi connectivity index (χ1) is 20.4. The highest BCUT2D eigenvalue weighted by Crippen LogP contribution is 2.44. The Morgan fingerprint density at radius 2 is 1.71 bits per heavy atom. The maximum atomic E-state index is 14.7. The lowest BCUT2D eigenvalue weighted by atomic mass is 9.96. The second-order valence-electron chi connectivity index (χ2n) is 11.7. The molecule has 2 aliphatic heterocycles. The van der Waals surface area contributed by atoms with Gasteiger partial charge in [-0.15, -0.1) is 0 Å². The number of carbonyl (C=O) groups is 3. The third-order valence-electron chi connectivity index (χ3n) is 9.04. The maximum absolute atomic E-state index is 14.7. The van der Waals surface area contributed by atoms with Crippen LogP contribution in [-0.4, -0.2) is 61.1 Å². The van der Waals surface area contributed by atoms with Crippen LogP contribution >= 0.6 is 0 Å². The van der Waals surface area contributed by atoms with Crippen LogP contribution in [0.25, 0.3) is 10.9 Å². The minimum Gasteiger partial charge on any atom is -0.381 e. The minimum atomic E-state index is -0.943. The molecule has 1 aliphatic carbocycles. The molecule has 2 N–H and O–H groups in total. The van der Waals surface area contributed by atoms with Gasteiger partial charge >= 0.3 is 0 Å². The summed E-state index contributed by atoms with van der Waals surface area (Å²) in [6.07, 6.45) is 5.42. The number of nitrogens with zero attached hydrogens (tertiary/aromatic N) is 3. The van der Waals surface area contributed by atoms with Crippen molar-refractivity contribution in [1.82, 2.24) is 15.6 Å². The van der Waals surface area contributed by atoms with E-state index in [2.05, 4.69) is 16.7 Å². The van der Waals surface area contributed by atoms with Crippen LogP contribution in [0.15, 0.2) is 54.7 Å². The fourth-order valence-corrected chi connectivity index (χ4v) is 6.27. The third-order valence-corrected chi connectivity index (χ3v) is 9.04. The van der Waals surface area contributed by atoms with Gasteiger partial charge in [0, 0.05) is 30.7 Å². The zero-order valence-corrected chi connectivity index (χ0v) is 24.5. The van der Waals surface area contributed by atoms with Gasteiger partial charge in [0.15, 0.2) is 0 Å². The number of aromatic nitrogens is 1. The molecular formula is C33H39N5O4. The van der Waals surface area contributed by atoms with E-state index in [9.17, 15) is 14.4 Å². The van der Waals surface area contributed by atoms with Gasteiger partial charge in [0.2, 0.25) is 11.8 Å². The summed E-state index contributed by atoms with van der Waals surface area (Å²) in [7, 11) is 1.71. The fourth-order valence-electron chi connectivity index (χ4n) is 6.27. The van der Waals surface area contributed by atoms with E-state index in [1.807, 2.05) is 55.6 Å². The van der Waals surface area contributed by atoms with Crippen LogP contribution in [0.2, 0.25) is 0 Å². The van der Waals surface area contributed by atoms with Gasteiger partial charge in [0.05, 0.1) is 35.5 Å². The Balaban J connectivity index is 1.48. The number of para-hydroxylation sites is 3. The first-order valence-corrected chi connectivity index (χ1v) is 15.0. The normalized spacial score (nSPS) is 22.0. The van der Waals surface area contributed by atoms with Crippen molar-refractivity contribution < 1.29 is 19.1 Å². The lowest BCUT2D eigenvalue weighted by Gasteiger charge is -2.35. The zero-order valence-electron chi connectivity index (χ0n) is 24.5. The Morgan fingerprint density at radius 1 is 1.02 bits per heavy atom. The summed E-state index contributed by atoms with van der Waals surface area (Å²) in [6.45, 7) is 4.99. The van der Waals surface area contributed by atoms with Crippen LogP contribution < -0.4 is 20.4 Å². The van der Waals surface area contributed by atoms with E-state index in [0.29, 0.717) is 49.9 Å². The number of likely N-dealkylation sites (N-methyl/N-ethyl adjacent to an activating group) is 1. The molecule has 3 heterocycles. The molecule has 0 bridgehead atoms. The Morgan fingerprint density at radius 3 is 2.43 bits per heavy atom. The van der Waals surface area contributed by atoms with Crippen LogP contribution in [0.4, 0.5) is 11.4 Å². The molecule has 6 rings (SSSR count). The van der Waals surface area contributed by atoms with E-state index in [0.717, 1.165) is 34.9 Å². The summed E-state index contributed by atoms with van der Waals surface area (Å²) in [5, 5.41) is 6.99. The number of hydrogen-bond acceptors (Lipinski definition) is 6. The lowest BCUT2D eigenvalue weighted by molar-refractivity contribution is -0.130. The van der Waals surface area contributed by atoms with Crippen molar-refractivity contribution >= 4 is 40.0 Å². The molecule has 3 atom stereocenters. The SMILES string of the molecule is CNC(C)C(=O)N[C@@H]1C(=O)N(Cc2c(C3CC3)cnc3ccccc23)c2ccccc2N(C(=O)C2CCOCC2)[C@H]1C. The highest BCUT2D eigenvalue weighted by atomic mass is 16.5. The van der Waals surface area contributed by atoms with Crippen molar-refractivity contribution in [1.29, 1.82) is 0 Å². The number of hydrogen-bond donors (Lipinski definition) is 2. The highest BCUT2D eigenvalue weighted by Gasteiger charge is 2.44. The second-order valence-corrected chi connectivity index (χ2v) is 11.7. The third kappa shape index (κ3) is 5.27. The molecule has 0 radical (unpaired) electrons. The Hall–Kier alpha value is -3.82. The van der Waals surface area contributed by atoms with Crippen molar-refractivity contribution in [3.05, 3.63) is 65.9 Å². The fraction of sp³-hybridized carbons (Fsp3) is 0.455. The van der Waals surface area contributed by atoms with Gasteiger partial charge in [0.1, 0.15) is 6.04 Å². The minimum absolute atomic E-state index is 0.0400. The summed E-state index contributed by atoms with van der Waals surface area (Å²) in [5.41, 5.74) is 4.45. The first-order valence-electron chi connectivity index (χ1n) is 15.0. The largest absolute Gasteiger partial charge is 0.381 e. The number of nitrogens with one attached hydrogen (secondary N) is 2. The molecular weight excluding hydrogens is 530 g/mol. The quantitative estimate of drug-likeness (QED) is 0.448. The van der Waals surface area contributed by atoms with E-state index in [-0.39, 0.29) is 23.6 Å². The number of benzene rings is 2. The molecule has 3 aliphatic rings. The summed E-state index contributed by atoms with van der Waals surface area (Å²) >= 11 is 0. The molecule has 3 aromatic rings. The highest BCUT2D eigenvalue weighted by molar-refractivity contribution is 6.09. The second kappa shape index (κ2) is 11.8. The molecule has 9 nitrogen and oxygen atoms in total. The number of pyridine rings is 1. The Bertz CT molecular complexity index is 1500. The van der Waals surface area contributed by atoms with Gasteiger partial charge in [-0.1, -0.05) is 30.3 Å². The molecule has 2 aromatic carbocycles. The van der Waals surface area contributed by atoms with Crippen molar-refractivity contribution in [2.24, 2.45) is 5.92 Å². The number of fused-ring (bicyclic) bond motifs is 2. The summed E-state index contributed by atoms with van der Waals surface area (Å²) in [4.78, 5) is 50.3. The molecule has 2 fully saturated rings. The molecule has 1 unspecified atom stereocenters. The monoisotopic (exact) mass is 569 g/mol. The zero-order chi connectivity index (χ0) is 29.4. The summed E-state index contributed by atoms with van der Waals surface area (Å²) in [5.74, 6) is -0.362. The van der Waals surface area contributed by atoms with Crippen molar-refractivity contribution in [3.8, 4) is 0 Å². The molecule has 1 saturated carbocycles. The Labute approximate surface area is 246 Å². The van der Waals surface area contributed by atoms with Gasteiger partial charge in [-0.25, -0.2) is 0 Å². The average molecular weight is 570 g/mol. The van der Waals surface area contributed by atoms with Gasteiger partial charge in [-0.05, 0) is 81.8 Å². The van der Waals surface area contributed by atoms with Crippen LogP contribution in [0, 0.1) is 5.92 Å². The molecule has 0 spiro atoms. The first kappa shape index (κ1) is 28.3. The van der Waals surface area contributed by atoms with Crippen LogP contribution in [0.3, 0.4) is 0 Å². The summed E-state index contributed by atoms with van der Waals surface area (Å²) in [6, 6.07) is 13.6. The topological polar surface area (TPSA) is 104 Å². The van der Waals surface area contributed by atoms with Crippen LogP contribution in [-0.2, 0) is 25.7 Å². The molecule has 1 saturated heterocycles. The number of rotatable bonds is 7. The van der Waals surface area contributed by atoms with Crippen LogP contribution in [0.5, 0.6) is 0 Å². The smallest absolute Gasteiger partial charge is 0.252 e. The molecule has 220 valence electrons. The van der Waals surface area contributed by atoms with Gasteiger partial charge < -0.3 is 25.2 Å². The van der Waals surface area contributed by atoms with Crippen LogP contribution in [0.1, 0.15) is 56.6 Å². The standard InChI is InChI=1S/C33H39N5O4/c1-20(34-3)31(39)36-30-21(2)38(32(40)23-14-16-42-17-15-23)29-11-7-6-10-28(29)37(33(30)41)19-26-24-8-4-5-9-27(24)35-18-25(26)22-12-13-22/h4-11,18,20-23,30,34H,12-17,19H2,1-3H3,(H,36,39)/t20?,21-,30-/m0/s1. The van der Waals surface area contributed by atoms with Gasteiger partial charge in [-0.2, -0.15) is 0 Å².